The summed E-state index contributed by atoms with van der Waals surface area (Å²) in [5, 5.41) is 0. The second-order valence-corrected chi connectivity index (χ2v) is 4.12. The first-order chi connectivity index (χ1) is 8.09. The molecule has 0 fully saturated rings. The van der Waals surface area contributed by atoms with Crippen LogP contribution >= 0.6 is 0 Å². The van der Waals surface area contributed by atoms with Crippen LogP contribution in [0.3, 0.4) is 0 Å². The predicted molar refractivity (Wildman–Crippen MR) is 66.1 cm³/mol. The molecule has 1 aromatic heterocycles. The SMILES string of the molecule is Cc1cnc(C(=O)c2cccc(C)c2C)cn1. The largest absolute Gasteiger partial charge is 0.287 e. The van der Waals surface area contributed by atoms with E-state index in [1.165, 1.54) is 6.20 Å². The Kier molecular flexibility index (Phi) is 3.00. The molecule has 86 valence electrons. The van der Waals surface area contributed by atoms with Gasteiger partial charge in [0.15, 0.2) is 0 Å². The van der Waals surface area contributed by atoms with Crippen LogP contribution in [0.1, 0.15) is 32.9 Å². The Morgan fingerprint density at radius 2 is 1.82 bits per heavy atom. The van der Waals surface area contributed by atoms with Crippen LogP contribution in [0.5, 0.6) is 0 Å². The van der Waals surface area contributed by atoms with Crippen molar-refractivity contribution in [3.05, 3.63) is 58.7 Å². The lowest BCUT2D eigenvalue weighted by molar-refractivity contribution is 0.103. The summed E-state index contributed by atoms with van der Waals surface area (Å²) in [5.74, 6) is -0.0706. The van der Waals surface area contributed by atoms with Gasteiger partial charge >= 0.3 is 0 Å². The van der Waals surface area contributed by atoms with E-state index in [-0.39, 0.29) is 5.78 Å². The molecule has 0 amide bonds. The molecule has 0 atom stereocenters. The quantitative estimate of drug-likeness (QED) is 0.739. The van der Waals surface area contributed by atoms with E-state index in [1.807, 2.05) is 39.0 Å². The van der Waals surface area contributed by atoms with Crippen LogP contribution in [0, 0.1) is 20.8 Å². The van der Waals surface area contributed by atoms with Crippen LogP contribution in [0.15, 0.2) is 30.6 Å². The molecule has 2 aromatic rings. The number of ketones is 1. The highest BCUT2D eigenvalue weighted by molar-refractivity contribution is 6.08. The standard InChI is InChI=1S/C14H14N2O/c1-9-5-4-6-12(11(9)3)14(17)13-8-15-10(2)7-16-13/h4-8H,1-3H3. The smallest absolute Gasteiger partial charge is 0.213 e. The Morgan fingerprint density at radius 1 is 1.06 bits per heavy atom. The van der Waals surface area contributed by atoms with Crippen molar-refractivity contribution in [1.82, 2.24) is 9.97 Å². The summed E-state index contributed by atoms with van der Waals surface area (Å²) >= 11 is 0. The number of carbonyl (C=O) groups is 1. The van der Waals surface area contributed by atoms with E-state index in [0.29, 0.717) is 11.3 Å². The van der Waals surface area contributed by atoms with Crippen LogP contribution in [-0.4, -0.2) is 15.8 Å². The van der Waals surface area contributed by atoms with Gasteiger partial charge in [-0.25, -0.2) is 4.98 Å². The lowest BCUT2D eigenvalue weighted by atomic mass is 9.99. The Hall–Kier alpha value is -2.03. The van der Waals surface area contributed by atoms with Gasteiger partial charge in [-0.15, -0.1) is 0 Å². The highest BCUT2D eigenvalue weighted by Gasteiger charge is 2.13. The molecule has 0 N–H and O–H groups in total. The monoisotopic (exact) mass is 226 g/mol. The molecule has 1 aromatic carbocycles. The lowest BCUT2D eigenvalue weighted by Crippen LogP contribution is -2.07. The molecule has 0 aliphatic carbocycles. The van der Waals surface area contributed by atoms with Crippen molar-refractivity contribution in [1.29, 1.82) is 0 Å². The van der Waals surface area contributed by atoms with E-state index in [1.54, 1.807) is 6.20 Å². The van der Waals surface area contributed by atoms with Gasteiger partial charge in [0.25, 0.3) is 0 Å². The first kappa shape index (κ1) is 11.5. The zero-order valence-corrected chi connectivity index (χ0v) is 10.2. The minimum absolute atomic E-state index is 0.0706. The van der Waals surface area contributed by atoms with E-state index in [4.69, 9.17) is 0 Å². The number of aryl methyl sites for hydroxylation is 2. The number of carbonyl (C=O) groups excluding carboxylic acids is 1. The average Bonchev–Trinajstić information content (AvgIpc) is 2.33. The maximum absolute atomic E-state index is 12.2. The number of hydrogen-bond acceptors (Lipinski definition) is 3. The summed E-state index contributed by atoms with van der Waals surface area (Å²) in [7, 11) is 0. The molecule has 0 unspecified atom stereocenters. The number of hydrogen-bond donors (Lipinski definition) is 0. The lowest BCUT2D eigenvalue weighted by Gasteiger charge is -2.06. The van der Waals surface area contributed by atoms with Crippen molar-refractivity contribution in [2.24, 2.45) is 0 Å². The normalized spacial score (nSPS) is 10.3. The number of aromatic nitrogens is 2. The highest BCUT2D eigenvalue weighted by Crippen LogP contribution is 2.15. The molecule has 0 aliphatic rings. The fourth-order valence-corrected chi connectivity index (χ4v) is 1.64. The number of nitrogens with zero attached hydrogens (tertiary/aromatic N) is 2. The van der Waals surface area contributed by atoms with Gasteiger partial charge in [0, 0.05) is 11.8 Å². The van der Waals surface area contributed by atoms with E-state index in [2.05, 4.69) is 9.97 Å². The summed E-state index contributed by atoms with van der Waals surface area (Å²) in [6, 6.07) is 5.70. The molecular formula is C14H14N2O. The maximum Gasteiger partial charge on any atom is 0.213 e. The summed E-state index contributed by atoms with van der Waals surface area (Å²) in [4.78, 5) is 20.4. The van der Waals surface area contributed by atoms with Crippen LogP contribution in [-0.2, 0) is 0 Å². The molecule has 0 spiro atoms. The second-order valence-electron chi connectivity index (χ2n) is 4.12. The average molecular weight is 226 g/mol. The maximum atomic E-state index is 12.2. The van der Waals surface area contributed by atoms with E-state index in [0.717, 1.165) is 16.8 Å². The zero-order chi connectivity index (χ0) is 12.4. The van der Waals surface area contributed by atoms with Crippen molar-refractivity contribution in [3.63, 3.8) is 0 Å². The number of benzene rings is 1. The van der Waals surface area contributed by atoms with Crippen molar-refractivity contribution in [2.45, 2.75) is 20.8 Å². The van der Waals surface area contributed by atoms with Crippen molar-refractivity contribution in [2.75, 3.05) is 0 Å². The molecule has 0 radical (unpaired) electrons. The first-order valence-electron chi connectivity index (χ1n) is 5.49. The van der Waals surface area contributed by atoms with Gasteiger partial charge < -0.3 is 0 Å². The minimum atomic E-state index is -0.0706. The Balaban J connectivity index is 2.44. The third-order valence-corrected chi connectivity index (χ3v) is 2.86. The van der Waals surface area contributed by atoms with Crippen LogP contribution < -0.4 is 0 Å². The van der Waals surface area contributed by atoms with E-state index < -0.39 is 0 Å². The number of rotatable bonds is 2. The van der Waals surface area contributed by atoms with Crippen molar-refractivity contribution < 1.29 is 4.79 Å². The van der Waals surface area contributed by atoms with Gasteiger partial charge in [-0.1, -0.05) is 18.2 Å². The first-order valence-corrected chi connectivity index (χ1v) is 5.49. The summed E-state index contributed by atoms with van der Waals surface area (Å²) in [6.07, 6.45) is 3.14. The van der Waals surface area contributed by atoms with Crippen LogP contribution in [0.25, 0.3) is 0 Å². The molecule has 17 heavy (non-hydrogen) atoms. The second kappa shape index (κ2) is 4.45. The molecule has 0 saturated carbocycles. The predicted octanol–water partition coefficient (Wildman–Crippen LogP) is 2.63. The molecule has 3 heteroatoms. The molecule has 0 aliphatic heterocycles. The molecule has 3 nitrogen and oxygen atoms in total. The van der Waals surface area contributed by atoms with Gasteiger partial charge in [0.05, 0.1) is 11.9 Å². The Morgan fingerprint density at radius 3 is 2.47 bits per heavy atom. The topological polar surface area (TPSA) is 42.9 Å². The minimum Gasteiger partial charge on any atom is -0.287 e. The summed E-state index contributed by atoms with van der Waals surface area (Å²) < 4.78 is 0. The van der Waals surface area contributed by atoms with Crippen LogP contribution in [0.2, 0.25) is 0 Å². The molecular weight excluding hydrogens is 212 g/mol. The van der Waals surface area contributed by atoms with E-state index in [9.17, 15) is 4.79 Å². The van der Waals surface area contributed by atoms with Gasteiger partial charge in [0.1, 0.15) is 5.69 Å². The zero-order valence-electron chi connectivity index (χ0n) is 10.2. The van der Waals surface area contributed by atoms with E-state index >= 15 is 0 Å². The fraction of sp³-hybridized carbons (Fsp3) is 0.214. The Bertz CT molecular complexity index is 559. The molecule has 1 heterocycles. The van der Waals surface area contributed by atoms with Gasteiger partial charge in [0.2, 0.25) is 5.78 Å². The highest BCUT2D eigenvalue weighted by atomic mass is 16.1. The Labute approximate surface area is 101 Å². The van der Waals surface area contributed by atoms with Gasteiger partial charge in [-0.2, -0.15) is 0 Å². The third kappa shape index (κ3) is 2.23. The summed E-state index contributed by atoms with van der Waals surface area (Å²) in [5.41, 5.74) is 4.01. The van der Waals surface area contributed by atoms with Gasteiger partial charge in [-0.3, -0.25) is 9.78 Å². The fourth-order valence-electron chi connectivity index (χ4n) is 1.64. The molecule has 2 rings (SSSR count). The third-order valence-electron chi connectivity index (χ3n) is 2.86. The van der Waals surface area contributed by atoms with Gasteiger partial charge in [-0.05, 0) is 31.9 Å². The van der Waals surface area contributed by atoms with Crippen molar-refractivity contribution >= 4 is 5.78 Å². The van der Waals surface area contributed by atoms with Crippen LogP contribution in [0.4, 0.5) is 0 Å². The van der Waals surface area contributed by atoms with Crippen molar-refractivity contribution in [3.8, 4) is 0 Å². The summed E-state index contributed by atoms with van der Waals surface area (Å²) in [6.45, 7) is 5.79. The molecule has 0 bridgehead atoms. The molecule has 0 saturated heterocycles.